The van der Waals surface area contributed by atoms with Crippen LogP contribution in [-0.4, -0.2) is 41.9 Å². The van der Waals surface area contributed by atoms with Gasteiger partial charge in [-0.1, -0.05) is 55.8 Å². The molecule has 1 fully saturated rings. The second kappa shape index (κ2) is 8.30. The van der Waals surface area contributed by atoms with Crippen molar-refractivity contribution in [2.24, 2.45) is 0 Å². The SMILES string of the molecule is CCCCNC(=O)NC(=O)CN1C(=O)N[C@@](C)(c2cccc3ccccc23)C1=O. The van der Waals surface area contributed by atoms with Gasteiger partial charge in [0.05, 0.1) is 0 Å². The molecule has 1 saturated heterocycles. The molecule has 152 valence electrons. The van der Waals surface area contributed by atoms with Crippen LogP contribution in [0.4, 0.5) is 9.59 Å². The van der Waals surface area contributed by atoms with Gasteiger partial charge in [-0.15, -0.1) is 0 Å². The Labute approximate surface area is 168 Å². The number of benzene rings is 2. The van der Waals surface area contributed by atoms with Crippen molar-refractivity contribution < 1.29 is 19.2 Å². The van der Waals surface area contributed by atoms with Gasteiger partial charge < -0.3 is 10.6 Å². The van der Waals surface area contributed by atoms with E-state index in [9.17, 15) is 19.2 Å². The number of amides is 6. The Morgan fingerprint density at radius 2 is 1.83 bits per heavy atom. The molecule has 0 bridgehead atoms. The molecule has 0 radical (unpaired) electrons. The number of carbonyl (C=O) groups is 4. The van der Waals surface area contributed by atoms with Gasteiger partial charge in [0.2, 0.25) is 5.91 Å². The van der Waals surface area contributed by atoms with Crippen LogP contribution < -0.4 is 16.0 Å². The second-order valence-corrected chi connectivity index (χ2v) is 7.13. The molecular formula is C21H24N4O4. The smallest absolute Gasteiger partial charge is 0.325 e. The average Bonchev–Trinajstić information content (AvgIpc) is 2.91. The lowest BCUT2D eigenvalue weighted by atomic mass is 9.88. The molecule has 3 N–H and O–H groups in total. The van der Waals surface area contributed by atoms with Crippen LogP contribution in [0.3, 0.4) is 0 Å². The van der Waals surface area contributed by atoms with Crippen LogP contribution in [-0.2, 0) is 15.1 Å². The predicted molar refractivity (Wildman–Crippen MR) is 108 cm³/mol. The third-order valence-corrected chi connectivity index (χ3v) is 4.97. The number of unbranched alkanes of at least 4 members (excludes halogenated alkanes) is 1. The summed E-state index contributed by atoms with van der Waals surface area (Å²) in [6, 6.07) is 11.8. The number of hydrogen-bond acceptors (Lipinski definition) is 4. The van der Waals surface area contributed by atoms with Crippen LogP contribution in [0.1, 0.15) is 32.3 Å². The Hall–Kier alpha value is -3.42. The number of nitrogens with zero attached hydrogens (tertiary/aromatic N) is 1. The Kier molecular flexibility index (Phi) is 5.81. The first-order valence-electron chi connectivity index (χ1n) is 9.57. The average molecular weight is 396 g/mol. The molecule has 0 saturated carbocycles. The number of carbonyl (C=O) groups excluding carboxylic acids is 4. The van der Waals surface area contributed by atoms with Crippen molar-refractivity contribution in [1.29, 1.82) is 0 Å². The molecule has 8 nitrogen and oxygen atoms in total. The van der Waals surface area contributed by atoms with E-state index in [2.05, 4.69) is 16.0 Å². The highest BCUT2D eigenvalue weighted by Crippen LogP contribution is 2.33. The largest absolute Gasteiger partial charge is 0.338 e. The monoisotopic (exact) mass is 396 g/mol. The Morgan fingerprint density at radius 3 is 2.59 bits per heavy atom. The lowest BCUT2D eigenvalue weighted by Gasteiger charge is -2.24. The maximum Gasteiger partial charge on any atom is 0.325 e. The van der Waals surface area contributed by atoms with Crippen molar-refractivity contribution in [2.75, 3.05) is 13.1 Å². The van der Waals surface area contributed by atoms with E-state index in [0.29, 0.717) is 12.1 Å². The van der Waals surface area contributed by atoms with Crippen molar-refractivity contribution >= 4 is 34.6 Å². The van der Waals surface area contributed by atoms with Crippen molar-refractivity contribution in [1.82, 2.24) is 20.9 Å². The van der Waals surface area contributed by atoms with Gasteiger partial charge in [-0.2, -0.15) is 0 Å². The highest BCUT2D eigenvalue weighted by Gasteiger charge is 2.50. The fraction of sp³-hybridized carbons (Fsp3) is 0.333. The minimum absolute atomic E-state index is 0.442. The van der Waals surface area contributed by atoms with Crippen LogP contribution >= 0.6 is 0 Å². The third-order valence-electron chi connectivity index (χ3n) is 4.97. The second-order valence-electron chi connectivity index (χ2n) is 7.13. The third kappa shape index (κ3) is 4.06. The number of fused-ring (bicyclic) bond motifs is 1. The van der Waals surface area contributed by atoms with Crippen LogP contribution in [0.15, 0.2) is 42.5 Å². The molecule has 1 atom stereocenters. The summed E-state index contributed by atoms with van der Waals surface area (Å²) in [5, 5.41) is 9.16. The summed E-state index contributed by atoms with van der Waals surface area (Å²) in [5.74, 6) is -1.27. The molecule has 29 heavy (non-hydrogen) atoms. The molecule has 2 aromatic carbocycles. The van der Waals surface area contributed by atoms with Crippen molar-refractivity contribution in [2.45, 2.75) is 32.2 Å². The van der Waals surface area contributed by atoms with Gasteiger partial charge in [0, 0.05) is 6.54 Å². The van der Waals surface area contributed by atoms with Gasteiger partial charge in [0.25, 0.3) is 5.91 Å². The molecule has 1 aliphatic heterocycles. The van der Waals surface area contributed by atoms with E-state index in [1.54, 1.807) is 13.0 Å². The maximum atomic E-state index is 13.1. The molecule has 0 aliphatic carbocycles. The lowest BCUT2D eigenvalue weighted by Crippen LogP contribution is -2.47. The van der Waals surface area contributed by atoms with Crippen LogP contribution in [0, 0.1) is 0 Å². The molecule has 0 aromatic heterocycles. The summed E-state index contributed by atoms with van der Waals surface area (Å²) in [6.45, 7) is 3.50. The highest BCUT2D eigenvalue weighted by molar-refractivity contribution is 6.11. The number of hydrogen-bond donors (Lipinski definition) is 3. The molecule has 3 rings (SSSR count). The summed E-state index contributed by atoms with van der Waals surface area (Å²) < 4.78 is 0. The quantitative estimate of drug-likeness (QED) is 0.514. The van der Waals surface area contributed by atoms with Gasteiger partial charge in [-0.3, -0.25) is 19.8 Å². The van der Waals surface area contributed by atoms with Crippen LogP contribution in [0.25, 0.3) is 10.8 Å². The minimum Gasteiger partial charge on any atom is -0.338 e. The van der Waals surface area contributed by atoms with Crippen molar-refractivity contribution in [3.8, 4) is 0 Å². The van der Waals surface area contributed by atoms with E-state index in [1.807, 2.05) is 43.3 Å². The lowest BCUT2D eigenvalue weighted by molar-refractivity contribution is -0.134. The summed E-state index contributed by atoms with van der Waals surface area (Å²) >= 11 is 0. The Balaban J connectivity index is 1.75. The molecule has 1 aliphatic rings. The Bertz CT molecular complexity index is 969. The first-order chi connectivity index (χ1) is 13.9. The van der Waals surface area contributed by atoms with Crippen molar-refractivity contribution in [3.63, 3.8) is 0 Å². The highest BCUT2D eigenvalue weighted by atomic mass is 16.2. The number of imide groups is 2. The van der Waals surface area contributed by atoms with Gasteiger partial charge in [-0.05, 0) is 29.7 Å². The van der Waals surface area contributed by atoms with E-state index in [1.165, 1.54) is 0 Å². The van der Waals surface area contributed by atoms with Crippen molar-refractivity contribution in [3.05, 3.63) is 48.0 Å². The topological polar surface area (TPSA) is 108 Å². The molecule has 0 spiro atoms. The molecule has 8 heteroatoms. The van der Waals surface area contributed by atoms with E-state index >= 15 is 0 Å². The van der Waals surface area contributed by atoms with E-state index in [-0.39, 0.29) is 0 Å². The van der Waals surface area contributed by atoms with Gasteiger partial charge in [0.15, 0.2) is 0 Å². The zero-order chi connectivity index (χ0) is 21.0. The van der Waals surface area contributed by atoms with E-state index < -0.39 is 36.0 Å². The van der Waals surface area contributed by atoms with Gasteiger partial charge in [0.1, 0.15) is 12.1 Å². The first-order valence-corrected chi connectivity index (χ1v) is 9.57. The first kappa shape index (κ1) is 20.3. The summed E-state index contributed by atoms with van der Waals surface area (Å²) in [5.41, 5.74) is -0.657. The Morgan fingerprint density at radius 1 is 1.10 bits per heavy atom. The molecule has 1 heterocycles. The molecule has 6 amide bonds. The summed E-state index contributed by atoms with van der Waals surface area (Å²) in [6.07, 6.45) is 1.70. The number of rotatable bonds is 6. The number of urea groups is 2. The summed E-state index contributed by atoms with van der Waals surface area (Å²) in [7, 11) is 0. The molecule has 2 aromatic rings. The maximum absolute atomic E-state index is 13.1. The molecule has 0 unspecified atom stereocenters. The summed E-state index contributed by atoms with van der Waals surface area (Å²) in [4.78, 5) is 50.2. The van der Waals surface area contributed by atoms with Gasteiger partial charge in [-0.25, -0.2) is 9.59 Å². The fourth-order valence-electron chi connectivity index (χ4n) is 3.42. The molecular weight excluding hydrogens is 372 g/mol. The fourth-order valence-corrected chi connectivity index (χ4v) is 3.42. The normalized spacial score (nSPS) is 18.6. The van der Waals surface area contributed by atoms with Crippen LogP contribution in [0.5, 0.6) is 0 Å². The number of nitrogens with one attached hydrogen (secondary N) is 3. The zero-order valence-corrected chi connectivity index (χ0v) is 16.5. The standard InChI is InChI=1S/C21H24N4O4/c1-3-4-12-22-19(28)23-17(26)13-25-18(27)21(2,24-20(25)29)16-11-7-9-14-8-5-6-10-15(14)16/h5-11H,3-4,12-13H2,1-2H3,(H,24,29)(H2,22,23,26,28)/t21-/m0/s1. The van der Waals surface area contributed by atoms with E-state index in [0.717, 1.165) is 28.5 Å². The predicted octanol–water partition coefficient (Wildman–Crippen LogP) is 2.23. The zero-order valence-electron chi connectivity index (χ0n) is 16.5. The van der Waals surface area contributed by atoms with E-state index in [4.69, 9.17) is 0 Å². The minimum atomic E-state index is -1.30. The van der Waals surface area contributed by atoms with Crippen LogP contribution in [0.2, 0.25) is 0 Å². The van der Waals surface area contributed by atoms with Gasteiger partial charge >= 0.3 is 12.1 Å².